The van der Waals surface area contributed by atoms with E-state index in [0.717, 1.165) is 31.3 Å². The molecule has 0 aliphatic carbocycles. The van der Waals surface area contributed by atoms with Crippen LogP contribution >= 0.6 is 27.5 Å². The summed E-state index contributed by atoms with van der Waals surface area (Å²) in [6.07, 6.45) is 0.152. The van der Waals surface area contributed by atoms with Crippen molar-refractivity contribution >= 4 is 27.5 Å². The van der Waals surface area contributed by atoms with Crippen molar-refractivity contribution in [2.45, 2.75) is 17.5 Å². The van der Waals surface area contributed by atoms with Gasteiger partial charge in [-0.2, -0.15) is 0 Å². The molecule has 4 heteroatoms. The fourth-order valence-corrected chi connectivity index (χ4v) is 3.51. The lowest BCUT2D eigenvalue weighted by Crippen LogP contribution is -2.43. The van der Waals surface area contributed by atoms with Crippen molar-refractivity contribution in [3.8, 4) is 0 Å². The summed E-state index contributed by atoms with van der Waals surface area (Å²) >= 11 is 9.75. The highest BCUT2D eigenvalue weighted by atomic mass is 79.9. The lowest BCUT2D eigenvalue weighted by Gasteiger charge is -2.35. The molecule has 2 aromatic rings. The molecule has 2 atom stereocenters. The van der Waals surface area contributed by atoms with Crippen LogP contribution < -0.4 is 0 Å². The topological polar surface area (TPSA) is 12.5 Å². The summed E-state index contributed by atoms with van der Waals surface area (Å²) < 4.78 is 5.97. The standard InChI is InChI=1S/C18H19BrClNO/c19-18(15-6-8-16(20)9-7-15)17-13-21(10-11-22-17)12-14-4-2-1-3-5-14/h1-9,17-18H,10-13H2. The van der Waals surface area contributed by atoms with Crippen LogP contribution in [-0.2, 0) is 11.3 Å². The van der Waals surface area contributed by atoms with Crippen molar-refractivity contribution in [2.75, 3.05) is 19.7 Å². The zero-order valence-corrected chi connectivity index (χ0v) is 14.6. The van der Waals surface area contributed by atoms with Gasteiger partial charge in [-0.3, -0.25) is 4.90 Å². The average molecular weight is 381 g/mol. The summed E-state index contributed by atoms with van der Waals surface area (Å²) in [6, 6.07) is 18.6. The van der Waals surface area contributed by atoms with Crippen LogP contribution in [0.15, 0.2) is 54.6 Å². The van der Waals surface area contributed by atoms with E-state index in [4.69, 9.17) is 16.3 Å². The normalized spacial score (nSPS) is 20.7. The molecule has 0 saturated carbocycles. The minimum Gasteiger partial charge on any atom is -0.374 e. The number of ether oxygens (including phenoxy) is 1. The highest BCUT2D eigenvalue weighted by molar-refractivity contribution is 9.09. The van der Waals surface area contributed by atoms with Crippen LogP contribution in [0.25, 0.3) is 0 Å². The maximum absolute atomic E-state index is 5.97. The minimum absolute atomic E-state index is 0.152. The number of alkyl halides is 1. The first kappa shape index (κ1) is 16.0. The number of benzene rings is 2. The van der Waals surface area contributed by atoms with Gasteiger partial charge in [0.15, 0.2) is 0 Å². The van der Waals surface area contributed by atoms with Gasteiger partial charge in [0.2, 0.25) is 0 Å². The van der Waals surface area contributed by atoms with E-state index < -0.39 is 0 Å². The molecule has 22 heavy (non-hydrogen) atoms. The Bertz CT molecular complexity index is 590. The van der Waals surface area contributed by atoms with Crippen LogP contribution in [0.3, 0.4) is 0 Å². The van der Waals surface area contributed by atoms with Crippen LogP contribution in [0.1, 0.15) is 16.0 Å². The summed E-state index contributed by atoms with van der Waals surface area (Å²) in [5.41, 5.74) is 2.55. The van der Waals surface area contributed by atoms with E-state index in [1.165, 1.54) is 11.1 Å². The zero-order valence-electron chi connectivity index (χ0n) is 12.3. The molecule has 1 aliphatic rings. The molecule has 2 nitrogen and oxygen atoms in total. The van der Waals surface area contributed by atoms with Crippen molar-refractivity contribution in [1.82, 2.24) is 4.90 Å². The Morgan fingerprint density at radius 2 is 1.86 bits per heavy atom. The predicted octanol–water partition coefficient (Wildman–Crippen LogP) is 4.68. The summed E-state index contributed by atoms with van der Waals surface area (Å²) in [5.74, 6) is 0. The molecule has 0 bridgehead atoms. The molecule has 1 saturated heterocycles. The molecule has 1 heterocycles. The second-order valence-corrected chi connectivity index (χ2v) is 7.01. The molecule has 0 radical (unpaired) electrons. The average Bonchev–Trinajstić information content (AvgIpc) is 2.56. The van der Waals surface area contributed by atoms with Gasteiger partial charge in [0.05, 0.1) is 17.5 Å². The van der Waals surface area contributed by atoms with Gasteiger partial charge in [0.1, 0.15) is 0 Å². The molecule has 0 amide bonds. The van der Waals surface area contributed by atoms with E-state index in [9.17, 15) is 0 Å². The van der Waals surface area contributed by atoms with Gasteiger partial charge in [-0.15, -0.1) is 0 Å². The first-order valence-electron chi connectivity index (χ1n) is 7.50. The highest BCUT2D eigenvalue weighted by Gasteiger charge is 2.27. The lowest BCUT2D eigenvalue weighted by molar-refractivity contribution is -0.0310. The van der Waals surface area contributed by atoms with E-state index in [1.807, 2.05) is 12.1 Å². The van der Waals surface area contributed by atoms with Gasteiger partial charge in [0, 0.05) is 24.7 Å². The van der Waals surface area contributed by atoms with Gasteiger partial charge in [-0.1, -0.05) is 70.0 Å². The zero-order chi connectivity index (χ0) is 15.4. The van der Waals surface area contributed by atoms with Gasteiger partial charge < -0.3 is 4.74 Å². The molecule has 2 aromatic carbocycles. The summed E-state index contributed by atoms with van der Waals surface area (Å²) in [5, 5.41) is 0.763. The Labute approximate surface area is 145 Å². The minimum atomic E-state index is 0.152. The van der Waals surface area contributed by atoms with Crippen LogP contribution in [0.5, 0.6) is 0 Å². The smallest absolute Gasteiger partial charge is 0.0868 e. The van der Waals surface area contributed by atoms with Crippen molar-refractivity contribution in [3.63, 3.8) is 0 Å². The van der Waals surface area contributed by atoms with E-state index in [-0.39, 0.29) is 10.9 Å². The van der Waals surface area contributed by atoms with Crippen LogP contribution in [0.4, 0.5) is 0 Å². The Morgan fingerprint density at radius 1 is 1.14 bits per heavy atom. The number of hydrogen-bond acceptors (Lipinski definition) is 2. The number of nitrogens with zero attached hydrogens (tertiary/aromatic N) is 1. The molecule has 1 aliphatic heterocycles. The molecular formula is C18H19BrClNO. The molecule has 3 rings (SSSR count). The maximum atomic E-state index is 5.97. The third-order valence-corrected chi connectivity index (χ3v) is 5.31. The lowest BCUT2D eigenvalue weighted by atomic mass is 10.1. The Kier molecular flexibility index (Phi) is 5.53. The van der Waals surface area contributed by atoms with E-state index in [0.29, 0.717) is 0 Å². The molecule has 1 fully saturated rings. The largest absolute Gasteiger partial charge is 0.374 e. The summed E-state index contributed by atoms with van der Waals surface area (Å²) in [7, 11) is 0. The molecular weight excluding hydrogens is 362 g/mol. The second kappa shape index (κ2) is 7.60. The monoisotopic (exact) mass is 379 g/mol. The molecule has 0 aromatic heterocycles. The first-order chi connectivity index (χ1) is 10.7. The number of morpholine rings is 1. The van der Waals surface area contributed by atoms with Crippen LogP contribution in [0.2, 0.25) is 5.02 Å². The Balaban J connectivity index is 1.63. The SMILES string of the molecule is Clc1ccc(C(Br)C2CN(Cc3ccccc3)CCO2)cc1. The van der Waals surface area contributed by atoms with Gasteiger partial charge in [-0.05, 0) is 23.3 Å². The molecule has 2 unspecified atom stereocenters. The third kappa shape index (κ3) is 4.11. The number of rotatable bonds is 4. The van der Waals surface area contributed by atoms with Gasteiger partial charge in [-0.25, -0.2) is 0 Å². The van der Waals surface area contributed by atoms with E-state index in [1.54, 1.807) is 0 Å². The second-order valence-electron chi connectivity index (χ2n) is 5.58. The quantitative estimate of drug-likeness (QED) is 0.714. The van der Waals surface area contributed by atoms with Crippen molar-refractivity contribution in [3.05, 3.63) is 70.7 Å². The van der Waals surface area contributed by atoms with Crippen molar-refractivity contribution in [2.24, 2.45) is 0 Å². The Hall–Kier alpha value is -0.870. The molecule has 116 valence electrons. The highest BCUT2D eigenvalue weighted by Crippen LogP contribution is 2.31. The summed E-state index contributed by atoms with van der Waals surface area (Å²) in [6.45, 7) is 3.65. The van der Waals surface area contributed by atoms with Crippen molar-refractivity contribution in [1.29, 1.82) is 0 Å². The van der Waals surface area contributed by atoms with Crippen LogP contribution in [-0.4, -0.2) is 30.7 Å². The number of hydrogen-bond donors (Lipinski definition) is 0. The Morgan fingerprint density at radius 3 is 2.59 bits per heavy atom. The first-order valence-corrected chi connectivity index (χ1v) is 8.79. The molecule has 0 spiro atoms. The van der Waals surface area contributed by atoms with E-state index in [2.05, 4.69) is 63.3 Å². The predicted molar refractivity (Wildman–Crippen MR) is 94.6 cm³/mol. The van der Waals surface area contributed by atoms with E-state index >= 15 is 0 Å². The van der Waals surface area contributed by atoms with Crippen molar-refractivity contribution < 1.29 is 4.74 Å². The fourth-order valence-electron chi connectivity index (χ4n) is 2.76. The number of halogens is 2. The van der Waals surface area contributed by atoms with Gasteiger partial charge >= 0.3 is 0 Å². The molecule has 0 N–H and O–H groups in total. The third-order valence-electron chi connectivity index (χ3n) is 3.94. The van der Waals surface area contributed by atoms with Gasteiger partial charge in [0.25, 0.3) is 0 Å². The fraction of sp³-hybridized carbons (Fsp3) is 0.333. The maximum Gasteiger partial charge on any atom is 0.0868 e. The summed E-state index contributed by atoms with van der Waals surface area (Å²) in [4.78, 5) is 2.64. The van der Waals surface area contributed by atoms with Crippen LogP contribution in [0, 0.1) is 0 Å².